The molecule has 0 saturated carbocycles. The third-order valence-electron chi connectivity index (χ3n) is 3.98. The smallest absolute Gasteiger partial charge is 0.232 e. The Morgan fingerprint density at radius 2 is 1.69 bits per heavy atom. The molecule has 2 N–H and O–H groups in total. The molecule has 130 valence electrons. The van der Waals surface area contributed by atoms with E-state index in [0.717, 1.165) is 0 Å². The van der Waals surface area contributed by atoms with Gasteiger partial charge in [0, 0.05) is 5.02 Å². The zero-order valence-corrected chi connectivity index (χ0v) is 14.7. The van der Waals surface area contributed by atoms with Gasteiger partial charge in [0.2, 0.25) is 21.0 Å². The molecule has 0 bridgehead atoms. The molecule has 0 aliphatic rings. The van der Waals surface area contributed by atoms with Crippen molar-refractivity contribution < 1.29 is 12.8 Å². The predicted octanol–water partition coefficient (Wildman–Crippen LogP) is 3.41. The molecule has 0 radical (unpaired) electrons. The fourth-order valence-corrected chi connectivity index (χ4v) is 4.15. The number of nitrogens with two attached hydrogens (primary N) is 1. The number of fused-ring (bicyclic) bond motifs is 2. The lowest BCUT2D eigenvalue weighted by molar-refractivity contribution is 0.596. The van der Waals surface area contributed by atoms with Crippen molar-refractivity contribution in [2.45, 2.75) is 9.79 Å². The Morgan fingerprint density at radius 3 is 2.42 bits per heavy atom. The lowest BCUT2D eigenvalue weighted by Gasteiger charge is -2.09. The van der Waals surface area contributed by atoms with Crippen LogP contribution in [0.2, 0.25) is 5.02 Å². The Balaban J connectivity index is 2.03. The number of anilines is 1. The first-order valence-electron chi connectivity index (χ1n) is 7.50. The quantitative estimate of drug-likeness (QED) is 0.529. The Kier molecular flexibility index (Phi) is 3.71. The SMILES string of the molecule is Nc1nc2oc3ccccc3c(=O)c2cc1S(=O)(=O)c1ccc(Cl)cc1. The van der Waals surface area contributed by atoms with Gasteiger partial charge >= 0.3 is 0 Å². The van der Waals surface area contributed by atoms with Crippen LogP contribution in [0, 0.1) is 0 Å². The fraction of sp³-hybridized carbons (Fsp3) is 0. The van der Waals surface area contributed by atoms with Gasteiger partial charge in [0.05, 0.1) is 15.7 Å². The van der Waals surface area contributed by atoms with Crippen LogP contribution in [0.3, 0.4) is 0 Å². The van der Waals surface area contributed by atoms with Crippen molar-refractivity contribution in [3.8, 4) is 0 Å². The number of hydrogen-bond donors (Lipinski definition) is 1. The van der Waals surface area contributed by atoms with Crippen LogP contribution in [0.4, 0.5) is 5.82 Å². The van der Waals surface area contributed by atoms with E-state index in [0.29, 0.717) is 16.0 Å². The molecule has 4 aromatic rings. The molecule has 0 amide bonds. The van der Waals surface area contributed by atoms with E-state index in [-0.39, 0.29) is 32.1 Å². The molecule has 0 aliphatic heterocycles. The molecule has 8 heteroatoms. The predicted molar refractivity (Wildman–Crippen MR) is 99.1 cm³/mol. The van der Waals surface area contributed by atoms with Crippen LogP contribution in [0.5, 0.6) is 0 Å². The lowest BCUT2D eigenvalue weighted by Crippen LogP contribution is -2.10. The molecule has 2 aromatic heterocycles. The van der Waals surface area contributed by atoms with E-state index < -0.39 is 9.84 Å². The standard InChI is InChI=1S/C18H11ClN2O4S/c19-10-5-7-11(8-6-10)26(23,24)15-9-13-16(22)12-3-1-2-4-14(12)25-18(13)21-17(15)20/h1-9H,(H2,20,21). The molecule has 2 heterocycles. The van der Waals surface area contributed by atoms with E-state index in [1.54, 1.807) is 24.3 Å². The number of benzene rings is 2. The van der Waals surface area contributed by atoms with Crippen molar-refractivity contribution in [2.24, 2.45) is 0 Å². The van der Waals surface area contributed by atoms with E-state index in [4.69, 9.17) is 21.8 Å². The normalized spacial score (nSPS) is 11.9. The summed E-state index contributed by atoms with van der Waals surface area (Å²) in [6, 6.07) is 13.5. The zero-order valence-electron chi connectivity index (χ0n) is 13.1. The monoisotopic (exact) mass is 386 g/mol. The second-order valence-corrected chi connectivity index (χ2v) is 7.96. The van der Waals surface area contributed by atoms with Gasteiger partial charge in [-0.1, -0.05) is 23.7 Å². The molecule has 2 aromatic carbocycles. The van der Waals surface area contributed by atoms with Crippen molar-refractivity contribution in [2.75, 3.05) is 5.73 Å². The first-order chi connectivity index (χ1) is 12.4. The summed E-state index contributed by atoms with van der Waals surface area (Å²) in [7, 11) is -3.97. The number of para-hydroxylation sites is 1. The number of rotatable bonds is 2. The molecule has 0 aliphatic carbocycles. The van der Waals surface area contributed by atoms with Gasteiger partial charge in [-0.15, -0.1) is 0 Å². The van der Waals surface area contributed by atoms with Crippen LogP contribution in [-0.2, 0) is 9.84 Å². The van der Waals surface area contributed by atoms with Crippen molar-refractivity contribution in [3.63, 3.8) is 0 Å². The molecule has 0 spiro atoms. The van der Waals surface area contributed by atoms with Gasteiger partial charge in [0.25, 0.3) is 0 Å². The summed E-state index contributed by atoms with van der Waals surface area (Å²) >= 11 is 5.81. The van der Waals surface area contributed by atoms with Gasteiger partial charge in [0.15, 0.2) is 0 Å². The highest BCUT2D eigenvalue weighted by molar-refractivity contribution is 7.91. The first-order valence-corrected chi connectivity index (χ1v) is 9.37. The summed E-state index contributed by atoms with van der Waals surface area (Å²) in [4.78, 5) is 16.5. The maximum absolute atomic E-state index is 12.9. The van der Waals surface area contributed by atoms with Gasteiger partial charge < -0.3 is 10.2 Å². The van der Waals surface area contributed by atoms with E-state index in [1.165, 1.54) is 30.3 Å². The molecule has 26 heavy (non-hydrogen) atoms. The lowest BCUT2D eigenvalue weighted by atomic mass is 10.2. The molecule has 4 rings (SSSR count). The Morgan fingerprint density at radius 1 is 1.00 bits per heavy atom. The van der Waals surface area contributed by atoms with Crippen molar-refractivity contribution in [3.05, 3.63) is 69.8 Å². The van der Waals surface area contributed by atoms with Crippen LogP contribution in [0.25, 0.3) is 22.1 Å². The molecular formula is C18H11ClN2O4S. The Labute approximate surface area is 152 Å². The highest BCUT2D eigenvalue weighted by Gasteiger charge is 2.24. The maximum Gasteiger partial charge on any atom is 0.232 e. The Hall–Kier alpha value is -2.90. The highest BCUT2D eigenvalue weighted by Crippen LogP contribution is 2.29. The summed E-state index contributed by atoms with van der Waals surface area (Å²) in [5, 5.41) is 0.785. The van der Waals surface area contributed by atoms with E-state index in [9.17, 15) is 13.2 Å². The largest absolute Gasteiger partial charge is 0.437 e. The summed E-state index contributed by atoms with van der Waals surface area (Å²) in [6.45, 7) is 0. The van der Waals surface area contributed by atoms with Crippen molar-refractivity contribution in [1.29, 1.82) is 0 Å². The van der Waals surface area contributed by atoms with Gasteiger partial charge in [0.1, 0.15) is 16.3 Å². The molecule has 0 fully saturated rings. The van der Waals surface area contributed by atoms with E-state index in [1.807, 2.05) is 0 Å². The minimum absolute atomic E-state index is 0.0000677. The maximum atomic E-state index is 12.9. The summed E-state index contributed by atoms with van der Waals surface area (Å²) in [5.41, 5.74) is 5.82. The third kappa shape index (κ3) is 2.53. The number of nitrogens with zero attached hydrogens (tertiary/aromatic N) is 1. The highest BCUT2D eigenvalue weighted by atomic mass is 35.5. The minimum Gasteiger partial charge on any atom is -0.437 e. The zero-order chi connectivity index (χ0) is 18.5. The second-order valence-electron chi connectivity index (χ2n) is 5.61. The van der Waals surface area contributed by atoms with E-state index in [2.05, 4.69) is 4.98 Å². The fourth-order valence-electron chi connectivity index (χ4n) is 2.68. The first kappa shape index (κ1) is 16.6. The number of nitrogen functional groups attached to an aromatic ring is 1. The number of sulfone groups is 1. The average molecular weight is 387 g/mol. The van der Waals surface area contributed by atoms with Gasteiger partial charge in [-0.25, -0.2) is 8.42 Å². The second kappa shape index (κ2) is 5.82. The summed E-state index contributed by atoms with van der Waals surface area (Å²) in [5.74, 6) is -0.245. The average Bonchev–Trinajstić information content (AvgIpc) is 2.61. The minimum atomic E-state index is -3.97. The van der Waals surface area contributed by atoms with Crippen LogP contribution in [-0.4, -0.2) is 13.4 Å². The third-order valence-corrected chi connectivity index (χ3v) is 6.03. The van der Waals surface area contributed by atoms with Crippen LogP contribution in [0.1, 0.15) is 0 Å². The molecule has 6 nitrogen and oxygen atoms in total. The molecular weight excluding hydrogens is 376 g/mol. The topological polar surface area (TPSA) is 103 Å². The molecule has 0 atom stereocenters. The number of aromatic nitrogens is 1. The van der Waals surface area contributed by atoms with Crippen LogP contribution < -0.4 is 11.2 Å². The number of pyridine rings is 1. The van der Waals surface area contributed by atoms with Crippen LogP contribution >= 0.6 is 11.6 Å². The van der Waals surface area contributed by atoms with Crippen molar-refractivity contribution >= 4 is 49.3 Å². The summed E-state index contributed by atoms with van der Waals surface area (Å²) < 4.78 is 31.4. The van der Waals surface area contributed by atoms with Gasteiger partial charge in [-0.2, -0.15) is 4.98 Å². The van der Waals surface area contributed by atoms with Gasteiger partial charge in [-0.05, 0) is 42.5 Å². The molecule has 0 saturated heterocycles. The number of hydrogen-bond acceptors (Lipinski definition) is 6. The van der Waals surface area contributed by atoms with Crippen LogP contribution in [0.15, 0.2) is 73.6 Å². The van der Waals surface area contributed by atoms with Crippen molar-refractivity contribution in [1.82, 2.24) is 4.98 Å². The molecule has 0 unspecified atom stereocenters. The number of halogens is 1. The van der Waals surface area contributed by atoms with Gasteiger partial charge in [-0.3, -0.25) is 4.79 Å². The van der Waals surface area contributed by atoms with E-state index >= 15 is 0 Å². The Bertz CT molecular complexity index is 1330. The summed E-state index contributed by atoms with van der Waals surface area (Å²) in [6.07, 6.45) is 0.